The lowest BCUT2D eigenvalue weighted by Gasteiger charge is -2.17. The van der Waals surface area contributed by atoms with Crippen molar-refractivity contribution in [3.8, 4) is 5.75 Å². The standard InChI is InChI=1S/C18H28N4O2.HI/c1-2-3-4-5-10-20-18(19)21-11-12-24-15-7-8-16-14(13-15)6-9-17(23)22-16;/h7-8,13H,2-6,9-12H2,1H3,(H,22,23)(H3,19,20,21);1H. The molecule has 25 heavy (non-hydrogen) atoms. The molecule has 4 N–H and O–H groups in total. The second kappa shape index (κ2) is 11.9. The number of amides is 1. The quantitative estimate of drug-likeness (QED) is 0.229. The van der Waals surface area contributed by atoms with E-state index in [0.717, 1.165) is 36.4 Å². The van der Waals surface area contributed by atoms with Crippen LogP contribution in [-0.4, -0.2) is 31.6 Å². The lowest BCUT2D eigenvalue weighted by Crippen LogP contribution is -2.34. The molecule has 1 heterocycles. The van der Waals surface area contributed by atoms with E-state index in [1.54, 1.807) is 0 Å². The van der Waals surface area contributed by atoms with Gasteiger partial charge in [-0.2, -0.15) is 0 Å². The summed E-state index contributed by atoms with van der Waals surface area (Å²) in [4.78, 5) is 15.6. The summed E-state index contributed by atoms with van der Waals surface area (Å²) in [5.74, 6) is 1.36. The third-order valence-corrected chi connectivity index (χ3v) is 3.94. The maximum atomic E-state index is 11.3. The number of rotatable bonds is 9. The maximum absolute atomic E-state index is 11.3. The minimum atomic E-state index is 0. The van der Waals surface area contributed by atoms with Crippen molar-refractivity contribution in [1.82, 2.24) is 5.32 Å². The summed E-state index contributed by atoms with van der Waals surface area (Å²) in [5.41, 5.74) is 7.82. The number of nitrogens with two attached hydrogens (primary N) is 1. The number of guanidine groups is 1. The van der Waals surface area contributed by atoms with Gasteiger partial charge in [0.05, 0.1) is 6.54 Å². The Kier molecular flexibility index (Phi) is 10.3. The van der Waals surface area contributed by atoms with Crippen LogP contribution in [0.2, 0.25) is 0 Å². The Labute approximate surface area is 167 Å². The predicted molar refractivity (Wildman–Crippen MR) is 113 cm³/mol. The summed E-state index contributed by atoms with van der Waals surface area (Å²) in [6, 6.07) is 5.75. The molecule has 0 saturated heterocycles. The number of carbonyl (C=O) groups excluding carboxylic acids is 1. The van der Waals surface area contributed by atoms with E-state index < -0.39 is 0 Å². The van der Waals surface area contributed by atoms with Crippen molar-refractivity contribution in [1.29, 1.82) is 0 Å². The number of aliphatic imine (C=N–C) groups is 1. The van der Waals surface area contributed by atoms with Crippen molar-refractivity contribution in [2.45, 2.75) is 45.4 Å². The first-order chi connectivity index (χ1) is 11.7. The molecule has 1 aliphatic heterocycles. The Hall–Kier alpha value is -1.51. The van der Waals surface area contributed by atoms with Gasteiger partial charge in [-0.1, -0.05) is 26.2 Å². The van der Waals surface area contributed by atoms with Gasteiger partial charge in [-0.05, 0) is 36.6 Å². The van der Waals surface area contributed by atoms with Gasteiger partial charge in [0.25, 0.3) is 0 Å². The topological polar surface area (TPSA) is 88.7 Å². The number of benzene rings is 1. The molecular formula is C18H29IN4O2. The number of anilines is 1. The van der Waals surface area contributed by atoms with Crippen molar-refractivity contribution in [2.24, 2.45) is 10.7 Å². The van der Waals surface area contributed by atoms with E-state index in [9.17, 15) is 4.79 Å². The van der Waals surface area contributed by atoms with E-state index in [4.69, 9.17) is 10.5 Å². The molecule has 0 fully saturated rings. The molecule has 0 spiro atoms. The summed E-state index contributed by atoms with van der Waals surface area (Å²) in [6.45, 7) is 4.09. The average molecular weight is 460 g/mol. The zero-order valence-corrected chi connectivity index (χ0v) is 17.2. The SMILES string of the molecule is CCCCCCN=C(N)NCCOc1ccc2c(c1)CCC(=O)N2.I. The number of ether oxygens (including phenoxy) is 1. The monoisotopic (exact) mass is 460 g/mol. The molecule has 1 aromatic carbocycles. The Morgan fingerprint density at radius 1 is 1.32 bits per heavy atom. The van der Waals surface area contributed by atoms with Gasteiger partial charge in [0, 0.05) is 18.7 Å². The highest BCUT2D eigenvalue weighted by Gasteiger charge is 2.14. The third-order valence-electron chi connectivity index (χ3n) is 3.94. The highest BCUT2D eigenvalue weighted by Crippen LogP contribution is 2.26. The lowest BCUT2D eigenvalue weighted by molar-refractivity contribution is -0.116. The molecule has 0 aliphatic carbocycles. The lowest BCUT2D eigenvalue weighted by atomic mass is 10.0. The van der Waals surface area contributed by atoms with Crippen molar-refractivity contribution in [2.75, 3.05) is 25.0 Å². The van der Waals surface area contributed by atoms with E-state index in [0.29, 0.717) is 25.5 Å². The number of hydrogen-bond acceptors (Lipinski definition) is 3. The molecular weight excluding hydrogens is 431 g/mol. The molecule has 1 amide bonds. The minimum absolute atomic E-state index is 0. The molecule has 2 rings (SSSR count). The summed E-state index contributed by atoms with van der Waals surface area (Å²) < 4.78 is 5.72. The summed E-state index contributed by atoms with van der Waals surface area (Å²) in [7, 11) is 0. The highest BCUT2D eigenvalue weighted by atomic mass is 127. The number of fused-ring (bicyclic) bond motifs is 1. The average Bonchev–Trinajstić information content (AvgIpc) is 2.58. The Morgan fingerprint density at radius 2 is 2.16 bits per heavy atom. The van der Waals surface area contributed by atoms with Gasteiger partial charge >= 0.3 is 0 Å². The number of unbranched alkanes of at least 4 members (excludes halogenated alkanes) is 3. The second-order valence-corrected chi connectivity index (χ2v) is 5.97. The molecule has 1 aliphatic rings. The van der Waals surface area contributed by atoms with Crippen LogP contribution in [0.3, 0.4) is 0 Å². The van der Waals surface area contributed by atoms with E-state index in [2.05, 4.69) is 22.5 Å². The van der Waals surface area contributed by atoms with E-state index in [1.807, 2.05) is 18.2 Å². The number of carbonyl (C=O) groups is 1. The van der Waals surface area contributed by atoms with Crippen LogP contribution in [0.15, 0.2) is 23.2 Å². The van der Waals surface area contributed by atoms with Crippen LogP contribution in [0.25, 0.3) is 0 Å². The fourth-order valence-corrected chi connectivity index (χ4v) is 2.59. The van der Waals surface area contributed by atoms with Crippen LogP contribution in [-0.2, 0) is 11.2 Å². The van der Waals surface area contributed by atoms with E-state index in [1.165, 1.54) is 19.3 Å². The van der Waals surface area contributed by atoms with Gasteiger partial charge in [0.2, 0.25) is 5.91 Å². The molecule has 0 radical (unpaired) electrons. The van der Waals surface area contributed by atoms with Crippen LogP contribution in [0.1, 0.15) is 44.6 Å². The molecule has 0 atom stereocenters. The number of nitrogens with one attached hydrogen (secondary N) is 2. The fraction of sp³-hybridized carbons (Fsp3) is 0.556. The Morgan fingerprint density at radius 3 is 2.96 bits per heavy atom. The van der Waals surface area contributed by atoms with Crippen LogP contribution in [0, 0.1) is 0 Å². The summed E-state index contributed by atoms with van der Waals surface area (Å²) in [5, 5.41) is 5.92. The summed E-state index contributed by atoms with van der Waals surface area (Å²) >= 11 is 0. The van der Waals surface area contributed by atoms with Crippen LogP contribution >= 0.6 is 24.0 Å². The maximum Gasteiger partial charge on any atom is 0.224 e. The second-order valence-electron chi connectivity index (χ2n) is 5.97. The first kappa shape index (κ1) is 21.5. The highest BCUT2D eigenvalue weighted by molar-refractivity contribution is 14.0. The Bertz CT molecular complexity index is 578. The smallest absolute Gasteiger partial charge is 0.224 e. The minimum Gasteiger partial charge on any atom is -0.492 e. The van der Waals surface area contributed by atoms with Crippen molar-refractivity contribution >= 4 is 41.5 Å². The number of nitrogens with zero attached hydrogens (tertiary/aromatic N) is 1. The first-order valence-corrected chi connectivity index (χ1v) is 8.78. The molecule has 0 aromatic heterocycles. The first-order valence-electron chi connectivity index (χ1n) is 8.78. The van der Waals surface area contributed by atoms with Gasteiger partial charge in [-0.25, -0.2) is 0 Å². The van der Waals surface area contributed by atoms with Crippen molar-refractivity contribution in [3.05, 3.63) is 23.8 Å². The van der Waals surface area contributed by atoms with Gasteiger partial charge in [0.1, 0.15) is 12.4 Å². The van der Waals surface area contributed by atoms with Crippen molar-refractivity contribution in [3.63, 3.8) is 0 Å². The van der Waals surface area contributed by atoms with Gasteiger partial charge in [0.15, 0.2) is 5.96 Å². The van der Waals surface area contributed by atoms with Crippen LogP contribution in [0.5, 0.6) is 5.75 Å². The fourth-order valence-electron chi connectivity index (χ4n) is 2.59. The van der Waals surface area contributed by atoms with Crippen molar-refractivity contribution < 1.29 is 9.53 Å². The zero-order valence-electron chi connectivity index (χ0n) is 14.8. The molecule has 6 nitrogen and oxygen atoms in total. The third kappa shape index (κ3) is 7.94. The zero-order chi connectivity index (χ0) is 17.2. The number of aryl methyl sites for hydroxylation is 1. The normalized spacial score (nSPS) is 13.5. The van der Waals surface area contributed by atoms with E-state index in [-0.39, 0.29) is 29.9 Å². The summed E-state index contributed by atoms with van der Waals surface area (Å²) in [6.07, 6.45) is 6.05. The predicted octanol–water partition coefficient (Wildman–Crippen LogP) is 3.05. The van der Waals surface area contributed by atoms with Gasteiger partial charge in [-0.3, -0.25) is 9.79 Å². The van der Waals surface area contributed by atoms with Crippen LogP contribution in [0.4, 0.5) is 5.69 Å². The molecule has 0 bridgehead atoms. The molecule has 0 saturated carbocycles. The Balaban J connectivity index is 0.00000312. The van der Waals surface area contributed by atoms with Gasteiger partial charge in [-0.15, -0.1) is 24.0 Å². The van der Waals surface area contributed by atoms with Crippen LogP contribution < -0.4 is 21.1 Å². The molecule has 7 heteroatoms. The number of hydrogen-bond donors (Lipinski definition) is 3. The molecule has 0 unspecified atom stereocenters. The number of halogens is 1. The molecule has 140 valence electrons. The largest absolute Gasteiger partial charge is 0.492 e. The van der Waals surface area contributed by atoms with Gasteiger partial charge < -0.3 is 21.1 Å². The molecule has 1 aromatic rings. The van der Waals surface area contributed by atoms with E-state index >= 15 is 0 Å².